The Bertz CT molecular complexity index is 1290. The fourth-order valence-electron chi connectivity index (χ4n) is 3.53. The van der Waals surface area contributed by atoms with Crippen molar-refractivity contribution in [3.63, 3.8) is 0 Å². The number of hydrogen-bond donors (Lipinski definition) is 1. The number of rotatable bonds is 8. The normalized spacial score (nSPS) is 12.2. The average Bonchev–Trinajstić information content (AvgIpc) is 2.79. The van der Waals surface area contributed by atoms with Gasteiger partial charge in [-0.15, -0.1) is 0 Å². The molecule has 3 rings (SSSR count). The van der Waals surface area contributed by atoms with E-state index in [0.717, 1.165) is 26.6 Å². The highest BCUT2D eigenvalue weighted by Crippen LogP contribution is 2.35. The van der Waals surface area contributed by atoms with E-state index >= 15 is 0 Å². The Hall–Kier alpha value is -3.03. The molecule has 1 amide bonds. The van der Waals surface area contributed by atoms with E-state index in [1.54, 1.807) is 24.3 Å². The highest BCUT2D eigenvalue weighted by atomic mass is 35.5. The Morgan fingerprint density at radius 3 is 2.29 bits per heavy atom. The van der Waals surface area contributed by atoms with Crippen LogP contribution in [0.4, 0.5) is 5.69 Å². The van der Waals surface area contributed by atoms with Gasteiger partial charge in [0, 0.05) is 5.02 Å². The van der Waals surface area contributed by atoms with Crippen molar-refractivity contribution in [1.82, 2.24) is 5.32 Å². The molecule has 34 heavy (non-hydrogen) atoms. The lowest BCUT2D eigenvalue weighted by atomic mass is 10.0. The number of nitrogens with one attached hydrogen (secondary N) is 1. The summed E-state index contributed by atoms with van der Waals surface area (Å²) >= 11 is 6.19. The molecule has 0 aliphatic rings. The minimum absolute atomic E-state index is 0.0649. The van der Waals surface area contributed by atoms with Gasteiger partial charge in [0.1, 0.15) is 12.3 Å². The molecule has 0 aliphatic carbocycles. The zero-order valence-electron chi connectivity index (χ0n) is 19.9. The molecule has 1 atom stereocenters. The highest BCUT2D eigenvalue weighted by molar-refractivity contribution is 7.92. The SMILES string of the molecule is COc1ccc(Cl)cc1N(CC(=O)NC(C)c1ccc(C)c(C)c1)S(=O)(=O)c1ccc(C)cc1. The molecule has 0 radical (unpaired) electrons. The van der Waals surface area contributed by atoms with Crippen LogP contribution in [0.2, 0.25) is 5.02 Å². The topological polar surface area (TPSA) is 75.7 Å². The van der Waals surface area contributed by atoms with E-state index in [0.29, 0.717) is 5.02 Å². The molecule has 0 aliphatic heterocycles. The van der Waals surface area contributed by atoms with E-state index in [9.17, 15) is 13.2 Å². The van der Waals surface area contributed by atoms with Crippen molar-refractivity contribution < 1.29 is 17.9 Å². The molecule has 3 aromatic rings. The summed E-state index contributed by atoms with van der Waals surface area (Å²) in [7, 11) is -2.66. The first-order chi connectivity index (χ1) is 16.0. The van der Waals surface area contributed by atoms with Crippen molar-refractivity contribution in [3.05, 3.63) is 87.9 Å². The summed E-state index contributed by atoms with van der Waals surface area (Å²) in [6.07, 6.45) is 0. The number of nitrogens with zero attached hydrogens (tertiary/aromatic N) is 1. The third-order valence-corrected chi connectivity index (χ3v) is 7.72. The molecule has 1 unspecified atom stereocenters. The predicted molar refractivity (Wildman–Crippen MR) is 136 cm³/mol. The molecule has 3 aromatic carbocycles. The fraction of sp³-hybridized carbons (Fsp3) is 0.269. The van der Waals surface area contributed by atoms with Gasteiger partial charge in [0.2, 0.25) is 5.91 Å². The third kappa shape index (κ3) is 5.72. The molecule has 1 N–H and O–H groups in total. The van der Waals surface area contributed by atoms with Gasteiger partial charge in [-0.25, -0.2) is 8.42 Å². The van der Waals surface area contributed by atoms with Crippen LogP contribution in [0.5, 0.6) is 5.75 Å². The Balaban J connectivity index is 1.97. The zero-order valence-corrected chi connectivity index (χ0v) is 21.5. The molecule has 6 nitrogen and oxygen atoms in total. The summed E-state index contributed by atoms with van der Waals surface area (Å²) in [6, 6.07) is 16.8. The van der Waals surface area contributed by atoms with Crippen LogP contribution in [0.3, 0.4) is 0 Å². The minimum Gasteiger partial charge on any atom is -0.495 e. The van der Waals surface area contributed by atoms with Crippen LogP contribution < -0.4 is 14.4 Å². The van der Waals surface area contributed by atoms with Gasteiger partial charge in [-0.2, -0.15) is 0 Å². The number of aryl methyl sites for hydroxylation is 3. The maximum atomic E-state index is 13.6. The van der Waals surface area contributed by atoms with Crippen molar-refractivity contribution in [2.45, 2.75) is 38.6 Å². The summed E-state index contributed by atoms with van der Waals surface area (Å²) in [5, 5.41) is 3.23. The Kier molecular flexibility index (Phi) is 7.89. The number of amides is 1. The summed E-state index contributed by atoms with van der Waals surface area (Å²) in [4.78, 5) is 13.2. The van der Waals surface area contributed by atoms with Gasteiger partial charge in [0.05, 0.1) is 23.7 Å². The standard InChI is InChI=1S/C26H29ClN2O4S/c1-17-6-11-23(12-7-17)34(31,32)29(24-15-22(27)10-13-25(24)33-5)16-26(30)28-20(4)21-9-8-18(2)19(3)14-21/h6-15,20H,16H2,1-5H3,(H,28,30). The number of carbonyl (C=O) groups excluding carboxylic acids is 1. The van der Waals surface area contributed by atoms with Crippen LogP contribution in [-0.4, -0.2) is 28.0 Å². The molecule has 0 spiro atoms. The van der Waals surface area contributed by atoms with E-state index < -0.39 is 22.5 Å². The molecule has 8 heteroatoms. The number of benzene rings is 3. The largest absolute Gasteiger partial charge is 0.495 e. The lowest BCUT2D eigenvalue weighted by molar-refractivity contribution is -0.120. The first-order valence-corrected chi connectivity index (χ1v) is 12.6. The number of anilines is 1. The maximum Gasteiger partial charge on any atom is 0.264 e. The van der Waals surface area contributed by atoms with Crippen LogP contribution in [0.25, 0.3) is 0 Å². The van der Waals surface area contributed by atoms with Crippen LogP contribution in [-0.2, 0) is 14.8 Å². The van der Waals surface area contributed by atoms with Crippen LogP contribution in [0.15, 0.2) is 65.6 Å². The number of halogens is 1. The summed E-state index contributed by atoms with van der Waals surface area (Å²) in [6.45, 7) is 7.32. The Morgan fingerprint density at radius 2 is 1.68 bits per heavy atom. The average molecular weight is 501 g/mol. The van der Waals surface area contributed by atoms with E-state index in [1.807, 2.05) is 45.9 Å². The highest BCUT2D eigenvalue weighted by Gasteiger charge is 2.30. The molecule has 0 fully saturated rings. The number of ether oxygens (including phenoxy) is 1. The van der Waals surface area contributed by atoms with Gasteiger partial charge in [-0.3, -0.25) is 9.10 Å². The molecule has 0 heterocycles. The second kappa shape index (κ2) is 10.5. The number of hydrogen-bond acceptors (Lipinski definition) is 4. The van der Waals surface area contributed by atoms with Crippen molar-refractivity contribution >= 4 is 33.2 Å². The van der Waals surface area contributed by atoms with Gasteiger partial charge >= 0.3 is 0 Å². The molecule has 0 saturated carbocycles. The zero-order chi connectivity index (χ0) is 25.0. The van der Waals surface area contributed by atoms with Crippen LogP contribution in [0.1, 0.15) is 35.2 Å². The first kappa shape index (κ1) is 25.6. The molecular formula is C26H29ClN2O4S. The van der Waals surface area contributed by atoms with Crippen molar-refractivity contribution in [2.75, 3.05) is 18.0 Å². The summed E-state index contributed by atoms with van der Waals surface area (Å²) < 4.78 is 33.7. The van der Waals surface area contributed by atoms with Gasteiger partial charge in [-0.1, -0.05) is 47.5 Å². The van der Waals surface area contributed by atoms with Crippen LogP contribution >= 0.6 is 11.6 Å². The van der Waals surface area contributed by atoms with E-state index in [2.05, 4.69) is 5.32 Å². The van der Waals surface area contributed by atoms with Crippen molar-refractivity contribution in [2.24, 2.45) is 0 Å². The van der Waals surface area contributed by atoms with E-state index in [4.69, 9.17) is 16.3 Å². The molecule has 0 saturated heterocycles. The van der Waals surface area contributed by atoms with Gasteiger partial charge in [0.25, 0.3) is 10.0 Å². The number of sulfonamides is 1. The quantitative estimate of drug-likeness (QED) is 0.452. The molecule has 0 bridgehead atoms. The fourth-order valence-corrected chi connectivity index (χ4v) is 5.12. The lowest BCUT2D eigenvalue weighted by Crippen LogP contribution is -2.41. The maximum absolute atomic E-state index is 13.6. The number of methoxy groups -OCH3 is 1. The van der Waals surface area contributed by atoms with Gasteiger partial charge in [-0.05, 0) is 74.7 Å². The monoisotopic (exact) mass is 500 g/mol. The lowest BCUT2D eigenvalue weighted by Gasteiger charge is -2.26. The Morgan fingerprint density at radius 1 is 1.00 bits per heavy atom. The second-order valence-corrected chi connectivity index (χ2v) is 10.6. The molecular weight excluding hydrogens is 472 g/mol. The first-order valence-electron chi connectivity index (χ1n) is 10.8. The predicted octanol–water partition coefficient (Wildman–Crippen LogP) is 5.35. The summed E-state index contributed by atoms with van der Waals surface area (Å²) in [5.74, 6) is -0.168. The van der Waals surface area contributed by atoms with Gasteiger partial charge < -0.3 is 10.1 Å². The second-order valence-electron chi connectivity index (χ2n) is 8.27. The van der Waals surface area contributed by atoms with E-state index in [1.165, 1.54) is 25.3 Å². The number of carbonyl (C=O) groups is 1. The van der Waals surface area contributed by atoms with Crippen molar-refractivity contribution in [3.8, 4) is 5.75 Å². The summed E-state index contributed by atoms with van der Waals surface area (Å²) in [5.41, 5.74) is 4.32. The van der Waals surface area contributed by atoms with E-state index in [-0.39, 0.29) is 22.4 Å². The third-order valence-electron chi connectivity index (χ3n) is 5.71. The van der Waals surface area contributed by atoms with Gasteiger partial charge in [0.15, 0.2) is 0 Å². The smallest absolute Gasteiger partial charge is 0.264 e. The minimum atomic E-state index is -4.09. The Labute approximate surface area is 206 Å². The van der Waals surface area contributed by atoms with Crippen molar-refractivity contribution in [1.29, 1.82) is 0 Å². The van der Waals surface area contributed by atoms with Crippen LogP contribution in [0, 0.1) is 20.8 Å². The molecule has 0 aromatic heterocycles. The molecule has 180 valence electrons.